The summed E-state index contributed by atoms with van der Waals surface area (Å²) in [5.41, 5.74) is 2.47. The van der Waals surface area contributed by atoms with Gasteiger partial charge in [-0.25, -0.2) is 8.42 Å². The Labute approximate surface area is 269 Å². The highest BCUT2D eigenvalue weighted by atomic mass is 35.5. The summed E-state index contributed by atoms with van der Waals surface area (Å²) in [6.07, 6.45) is 0.226. The van der Waals surface area contributed by atoms with Gasteiger partial charge in [0.2, 0.25) is 11.8 Å². The molecule has 4 rings (SSSR count). The maximum absolute atomic E-state index is 14.5. The zero-order chi connectivity index (χ0) is 31.9. The molecule has 0 aliphatic rings. The lowest BCUT2D eigenvalue weighted by molar-refractivity contribution is -0.140. The van der Waals surface area contributed by atoms with E-state index in [4.69, 9.17) is 23.2 Å². The Morgan fingerprint density at radius 2 is 1.39 bits per heavy atom. The van der Waals surface area contributed by atoms with Crippen LogP contribution in [0, 0.1) is 6.92 Å². The summed E-state index contributed by atoms with van der Waals surface area (Å²) in [6, 6.07) is 28.0. The number of anilines is 1. The highest BCUT2D eigenvalue weighted by molar-refractivity contribution is 7.92. The smallest absolute Gasteiger partial charge is 0.264 e. The molecule has 0 aliphatic heterocycles. The molecule has 0 aromatic heterocycles. The molecule has 0 saturated heterocycles. The van der Waals surface area contributed by atoms with Crippen molar-refractivity contribution in [2.45, 2.75) is 50.7 Å². The molecule has 0 bridgehead atoms. The first-order chi connectivity index (χ1) is 21.0. The monoisotopic (exact) mass is 651 g/mol. The Hall–Kier alpha value is -3.85. The first-order valence-corrected chi connectivity index (χ1v) is 16.4. The maximum atomic E-state index is 14.5. The van der Waals surface area contributed by atoms with Gasteiger partial charge in [-0.15, -0.1) is 0 Å². The van der Waals surface area contributed by atoms with Gasteiger partial charge in [-0.3, -0.25) is 13.9 Å². The van der Waals surface area contributed by atoms with Crippen LogP contribution in [0.25, 0.3) is 0 Å². The van der Waals surface area contributed by atoms with Crippen LogP contribution in [-0.4, -0.2) is 43.8 Å². The van der Waals surface area contributed by atoms with Crippen LogP contribution in [0.15, 0.2) is 108 Å². The van der Waals surface area contributed by atoms with E-state index in [0.717, 1.165) is 15.4 Å². The number of carbonyl (C=O) groups excluding carboxylic acids is 2. The van der Waals surface area contributed by atoms with E-state index in [9.17, 15) is 18.0 Å². The van der Waals surface area contributed by atoms with Crippen LogP contribution in [0.4, 0.5) is 5.69 Å². The van der Waals surface area contributed by atoms with Gasteiger partial charge in [-0.1, -0.05) is 83.9 Å². The molecule has 44 heavy (non-hydrogen) atoms. The van der Waals surface area contributed by atoms with E-state index in [0.29, 0.717) is 21.3 Å². The van der Waals surface area contributed by atoms with Gasteiger partial charge in [0.25, 0.3) is 10.0 Å². The fraction of sp³-hybridized carbons (Fsp3) is 0.235. The zero-order valence-corrected chi connectivity index (χ0v) is 27.1. The fourth-order valence-corrected chi connectivity index (χ4v) is 6.71. The molecule has 230 valence electrons. The van der Waals surface area contributed by atoms with Crippen LogP contribution in [-0.2, 0) is 32.6 Å². The number of aryl methyl sites for hydroxylation is 1. The molecule has 1 N–H and O–H groups in total. The Kier molecular flexibility index (Phi) is 11.1. The number of carbonyl (C=O) groups is 2. The van der Waals surface area contributed by atoms with Gasteiger partial charge >= 0.3 is 0 Å². The number of hydrogen-bond donors (Lipinski definition) is 1. The molecule has 2 amide bonds. The number of nitrogens with one attached hydrogen (secondary N) is 1. The van der Waals surface area contributed by atoms with E-state index in [-0.39, 0.29) is 29.8 Å². The molecule has 0 spiro atoms. The summed E-state index contributed by atoms with van der Waals surface area (Å²) in [5, 5.41) is 3.92. The Bertz CT molecular complexity index is 1680. The molecule has 0 fully saturated rings. The summed E-state index contributed by atoms with van der Waals surface area (Å²) < 4.78 is 29.3. The number of benzene rings is 4. The summed E-state index contributed by atoms with van der Waals surface area (Å²) >= 11 is 12.3. The van der Waals surface area contributed by atoms with Crippen molar-refractivity contribution in [3.05, 3.63) is 130 Å². The van der Waals surface area contributed by atoms with E-state index in [1.807, 2.05) is 44.2 Å². The van der Waals surface area contributed by atoms with Crippen molar-refractivity contribution in [3.63, 3.8) is 0 Å². The summed E-state index contributed by atoms with van der Waals surface area (Å²) in [5.74, 6) is -0.889. The number of hydrogen-bond acceptors (Lipinski definition) is 4. The summed E-state index contributed by atoms with van der Waals surface area (Å²) in [4.78, 5) is 29.7. The molecule has 1 unspecified atom stereocenters. The topological polar surface area (TPSA) is 86.8 Å². The maximum Gasteiger partial charge on any atom is 0.264 e. The van der Waals surface area contributed by atoms with Gasteiger partial charge < -0.3 is 10.2 Å². The van der Waals surface area contributed by atoms with Crippen LogP contribution in [0.3, 0.4) is 0 Å². The van der Waals surface area contributed by atoms with Gasteiger partial charge in [0.1, 0.15) is 12.6 Å². The lowest BCUT2D eigenvalue weighted by atomic mass is 10.0. The summed E-state index contributed by atoms with van der Waals surface area (Å²) in [7, 11) is -4.20. The number of nitrogens with zero attached hydrogens (tertiary/aromatic N) is 2. The first kappa shape index (κ1) is 33.1. The second kappa shape index (κ2) is 14.8. The van der Waals surface area contributed by atoms with Crippen molar-refractivity contribution >= 4 is 50.7 Å². The average Bonchev–Trinajstić information content (AvgIpc) is 2.99. The summed E-state index contributed by atoms with van der Waals surface area (Å²) in [6.45, 7) is 4.94. The predicted octanol–water partition coefficient (Wildman–Crippen LogP) is 6.66. The Balaban J connectivity index is 1.82. The highest BCUT2D eigenvalue weighted by Crippen LogP contribution is 2.29. The van der Waals surface area contributed by atoms with Crippen molar-refractivity contribution in [1.29, 1.82) is 0 Å². The predicted molar refractivity (Wildman–Crippen MR) is 176 cm³/mol. The molecule has 1 atom stereocenters. The third-order valence-corrected chi connectivity index (χ3v) is 9.27. The van der Waals surface area contributed by atoms with Gasteiger partial charge in [0, 0.05) is 29.1 Å². The largest absolute Gasteiger partial charge is 0.352 e. The third kappa shape index (κ3) is 8.40. The van der Waals surface area contributed by atoms with Gasteiger partial charge in [0.15, 0.2) is 0 Å². The standard InChI is InChI=1S/C34H35Cl2N3O4S/c1-24(2)37-34(41)32(21-26-10-6-4-7-11-26)38(22-27-14-16-28(35)17-15-27)33(40)23-39(31-19-18-29(36)20-25(31)3)44(42,43)30-12-8-5-9-13-30/h4-20,24,32H,21-23H2,1-3H3,(H,37,41). The molecule has 4 aromatic carbocycles. The van der Waals surface area contributed by atoms with E-state index >= 15 is 0 Å². The van der Waals surface area contributed by atoms with E-state index < -0.39 is 28.5 Å². The number of halogens is 2. The molecular formula is C34H35Cl2N3O4S. The van der Waals surface area contributed by atoms with Crippen LogP contribution in [0.5, 0.6) is 0 Å². The molecule has 0 heterocycles. The van der Waals surface area contributed by atoms with Gasteiger partial charge in [0.05, 0.1) is 10.6 Å². The molecule has 4 aromatic rings. The van der Waals surface area contributed by atoms with Crippen molar-refractivity contribution in [2.24, 2.45) is 0 Å². The van der Waals surface area contributed by atoms with E-state index in [2.05, 4.69) is 5.32 Å². The molecule has 7 nitrogen and oxygen atoms in total. The third-order valence-electron chi connectivity index (χ3n) is 7.01. The second-order valence-electron chi connectivity index (χ2n) is 10.8. The average molecular weight is 653 g/mol. The quantitative estimate of drug-likeness (QED) is 0.186. The molecular weight excluding hydrogens is 617 g/mol. The SMILES string of the molecule is Cc1cc(Cl)ccc1N(CC(=O)N(Cc1ccc(Cl)cc1)C(Cc1ccccc1)C(=O)NC(C)C)S(=O)(=O)c1ccccc1. The Morgan fingerprint density at radius 1 is 0.795 bits per heavy atom. The van der Waals surface area contributed by atoms with E-state index in [1.165, 1.54) is 17.0 Å². The van der Waals surface area contributed by atoms with Crippen LogP contribution >= 0.6 is 23.2 Å². The van der Waals surface area contributed by atoms with Crippen LogP contribution in [0.2, 0.25) is 10.0 Å². The minimum atomic E-state index is -4.20. The van der Waals surface area contributed by atoms with Gasteiger partial charge in [-0.05, 0) is 79.9 Å². The van der Waals surface area contributed by atoms with E-state index in [1.54, 1.807) is 67.6 Å². The van der Waals surface area contributed by atoms with Crippen molar-refractivity contribution in [1.82, 2.24) is 10.2 Å². The number of rotatable bonds is 12. The molecule has 0 saturated carbocycles. The molecule has 0 radical (unpaired) electrons. The van der Waals surface area contributed by atoms with Crippen molar-refractivity contribution in [3.8, 4) is 0 Å². The first-order valence-electron chi connectivity index (χ1n) is 14.2. The minimum Gasteiger partial charge on any atom is -0.352 e. The molecule has 10 heteroatoms. The fourth-order valence-electron chi connectivity index (χ4n) is 4.85. The lowest BCUT2D eigenvalue weighted by Gasteiger charge is -2.34. The lowest BCUT2D eigenvalue weighted by Crippen LogP contribution is -2.54. The van der Waals surface area contributed by atoms with Gasteiger partial charge in [-0.2, -0.15) is 0 Å². The normalized spacial score (nSPS) is 12.0. The van der Waals surface area contributed by atoms with Crippen LogP contribution < -0.4 is 9.62 Å². The van der Waals surface area contributed by atoms with Crippen molar-refractivity contribution in [2.75, 3.05) is 10.8 Å². The zero-order valence-electron chi connectivity index (χ0n) is 24.8. The number of sulfonamides is 1. The number of amides is 2. The second-order valence-corrected chi connectivity index (χ2v) is 13.5. The molecule has 0 aliphatic carbocycles. The minimum absolute atomic E-state index is 0.0322. The Morgan fingerprint density at radius 3 is 1.98 bits per heavy atom. The van der Waals surface area contributed by atoms with Crippen LogP contribution in [0.1, 0.15) is 30.5 Å². The van der Waals surface area contributed by atoms with Crippen molar-refractivity contribution < 1.29 is 18.0 Å². The highest BCUT2D eigenvalue weighted by Gasteiger charge is 2.35.